The minimum absolute atomic E-state index is 0.140. The highest BCUT2D eigenvalue weighted by molar-refractivity contribution is 6.46. The summed E-state index contributed by atoms with van der Waals surface area (Å²) in [6.45, 7) is 9.73. The van der Waals surface area contributed by atoms with Crippen LogP contribution in [0.2, 0.25) is 5.82 Å². The number of rotatable bonds is 6. The van der Waals surface area contributed by atoms with Crippen LogP contribution in [0.25, 0.3) is 0 Å². The lowest BCUT2D eigenvalue weighted by atomic mass is 9.72. The van der Waals surface area contributed by atoms with Gasteiger partial charge in [0.05, 0.1) is 17.0 Å². The highest BCUT2D eigenvalue weighted by Gasteiger charge is 2.37. The molecule has 1 radical (unpaired) electrons. The predicted octanol–water partition coefficient (Wildman–Crippen LogP) is 1.59. The Labute approximate surface area is 98.2 Å². The van der Waals surface area contributed by atoms with Crippen LogP contribution >= 0.6 is 0 Å². The molecule has 0 heterocycles. The summed E-state index contributed by atoms with van der Waals surface area (Å²) in [5, 5.41) is 17.3. The van der Waals surface area contributed by atoms with Crippen LogP contribution in [0.1, 0.15) is 41.5 Å². The van der Waals surface area contributed by atoms with Gasteiger partial charge in [-0.15, -0.1) is 0 Å². The van der Waals surface area contributed by atoms with E-state index < -0.39 is 17.0 Å². The number of hydrogen-bond acceptors (Lipinski definition) is 4. The molecule has 0 aromatic heterocycles. The second-order valence-electron chi connectivity index (χ2n) is 5.09. The van der Waals surface area contributed by atoms with Gasteiger partial charge in [-0.1, -0.05) is 0 Å². The zero-order valence-electron chi connectivity index (χ0n) is 10.9. The second-order valence-corrected chi connectivity index (χ2v) is 5.09. The summed E-state index contributed by atoms with van der Waals surface area (Å²) in [5.41, 5.74) is -1.60. The number of Topliss-reactive ketones (excluding diaryl/α,β-unsaturated/α-hetero) is 1. The Morgan fingerprint density at radius 2 is 1.75 bits per heavy atom. The largest absolute Gasteiger partial charge is 0.432 e. The Hall–Kier alpha value is -0.675. The summed E-state index contributed by atoms with van der Waals surface area (Å²) in [6.07, 6.45) is 0. The Morgan fingerprint density at radius 3 is 2.00 bits per heavy atom. The average molecular weight is 226 g/mol. The van der Waals surface area contributed by atoms with Crippen molar-refractivity contribution in [2.45, 2.75) is 58.6 Å². The standard InChI is InChI=1S/C11H21BNO3/c1-7(13)9(8(2)14)12-16-11(5,6)10(3,4)15/h9,13,15H,1-6H3. The fourth-order valence-electron chi connectivity index (χ4n) is 0.885. The van der Waals surface area contributed by atoms with Gasteiger partial charge in [0, 0.05) is 5.71 Å². The van der Waals surface area contributed by atoms with Crippen LogP contribution in [0.3, 0.4) is 0 Å². The Balaban J connectivity index is 4.54. The van der Waals surface area contributed by atoms with Gasteiger partial charge in [0.2, 0.25) is 0 Å². The molecule has 0 aliphatic carbocycles. The minimum Gasteiger partial charge on any atom is -0.432 e. The van der Waals surface area contributed by atoms with Gasteiger partial charge >= 0.3 is 7.48 Å². The van der Waals surface area contributed by atoms with Crippen LogP contribution in [-0.2, 0) is 9.45 Å². The van der Waals surface area contributed by atoms with Crippen LogP contribution in [0.15, 0.2) is 0 Å². The van der Waals surface area contributed by atoms with Gasteiger partial charge in [-0.2, -0.15) is 0 Å². The quantitative estimate of drug-likeness (QED) is 0.533. The number of hydrogen-bond donors (Lipinski definition) is 2. The van der Waals surface area contributed by atoms with Gasteiger partial charge in [-0.05, 0) is 41.5 Å². The maximum Gasteiger partial charge on any atom is 0.310 e. The van der Waals surface area contributed by atoms with Crippen LogP contribution < -0.4 is 0 Å². The van der Waals surface area contributed by atoms with Crippen molar-refractivity contribution in [1.82, 2.24) is 0 Å². The molecule has 0 bridgehead atoms. The molecule has 0 fully saturated rings. The van der Waals surface area contributed by atoms with E-state index in [1.54, 1.807) is 34.6 Å². The molecule has 5 heteroatoms. The molecule has 0 aliphatic heterocycles. The van der Waals surface area contributed by atoms with E-state index in [2.05, 4.69) is 0 Å². The van der Waals surface area contributed by atoms with E-state index in [0.29, 0.717) is 0 Å². The summed E-state index contributed by atoms with van der Waals surface area (Å²) in [5.74, 6) is -0.777. The smallest absolute Gasteiger partial charge is 0.310 e. The SMILES string of the molecule is CC(=N)C([B]OC(C)(C)C(C)(C)O)C(C)=O. The molecule has 0 aromatic rings. The molecule has 16 heavy (non-hydrogen) atoms. The molecule has 0 amide bonds. The molecule has 0 spiro atoms. The van der Waals surface area contributed by atoms with Crippen LogP contribution in [0, 0.1) is 5.41 Å². The molecule has 1 unspecified atom stereocenters. The maximum absolute atomic E-state index is 11.2. The average Bonchev–Trinajstić information content (AvgIpc) is 1.99. The van der Waals surface area contributed by atoms with E-state index in [1.165, 1.54) is 14.4 Å². The monoisotopic (exact) mass is 226 g/mol. The molecule has 0 saturated carbocycles. The third-order valence-electron chi connectivity index (χ3n) is 2.88. The Kier molecular flexibility index (Phi) is 4.89. The van der Waals surface area contributed by atoms with E-state index in [9.17, 15) is 9.90 Å². The molecule has 91 valence electrons. The Morgan fingerprint density at radius 1 is 1.31 bits per heavy atom. The van der Waals surface area contributed by atoms with E-state index in [-0.39, 0.29) is 11.5 Å². The predicted molar refractivity (Wildman–Crippen MR) is 65.0 cm³/mol. The first kappa shape index (κ1) is 15.3. The lowest BCUT2D eigenvalue weighted by Crippen LogP contribution is -2.49. The van der Waals surface area contributed by atoms with Crippen molar-refractivity contribution >= 4 is 19.0 Å². The molecule has 4 nitrogen and oxygen atoms in total. The number of carbonyl (C=O) groups is 1. The highest BCUT2D eigenvalue weighted by atomic mass is 16.5. The van der Waals surface area contributed by atoms with Gasteiger partial charge in [-0.25, -0.2) is 0 Å². The van der Waals surface area contributed by atoms with Gasteiger partial charge in [0.15, 0.2) is 0 Å². The normalized spacial score (nSPS) is 14.4. The van der Waals surface area contributed by atoms with E-state index in [1.807, 2.05) is 0 Å². The van der Waals surface area contributed by atoms with Crippen molar-refractivity contribution in [1.29, 1.82) is 5.41 Å². The van der Waals surface area contributed by atoms with Crippen LogP contribution in [-0.4, -0.2) is 35.3 Å². The van der Waals surface area contributed by atoms with Crippen LogP contribution in [0.4, 0.5) is 0 Å². The summed E-state index contributed by atoms with van der Waals surface area (Å²) in [6, 6.07) is 0. The first-order valence-corrected chi connectivity index (χ1v) is 5.28. The fraction of sp³-hybridized carbons (Fsp3) is 0.818. The molecular formula is C11H21BNO3. The van der Waals surface area contributed by atoms with Gasteiger partial charge < -0.3 is 20.0 Å². The van der Waals surface area contributed by atoms with Crippen molar-refractivity contribution in [2.24, 2.45) is 0 Å². The summed E-state index contributed by atoms with van der Waals surface area (Å²) < 4.78 is 5.44. The lowest BCUT2D eigenvalue weighted by Gasteiger charge is -2.38. The maximum atomic E-state index is 11.2. The first-order valence-electron chi connectivity index (χ1n) is 5.28. The molecule has 0 aliphatic rings. The fourth-order valence-corrected chi connectivity index (χ4v) is 0.885. The van der Waals surface area contributed by atoms with E-state index in [4.69, 9.17) is 10.1 Å². The Bertz CT molecular complexity index is 267. The topological polar surface area (TPSA) is 70.4 Å². The molecule has 0 saturated heterocycles. The van der Waals surface area contributed by atoms with Crippen LogP contribution in [0.5, 0.6) is 0 Å². The summed E-state index contributed by atoms with van der Waals surface area (Å²) >= 11 is 0. The van der Waals surface area contributed by atoms with Gasteiger partial charge in [0.1, 0.15) is 5.78 Å². The molecular weight excluding hydrogens is 205 g/mol. The van der Waals surface area contributed by atoms with E-state index >= 15 is 0 Å². The van der Waals surface area contributed by atoms with Crippen molar-refractivity contribution < 1.29 is 14.6 Å². The number of ketones is 1. The van der Waals surface area contributed by atoms with Crippen molar-refractivity contribution in [3.05, 3.63) is 0 Å². The summed E-state index contributed by atoms with van der Waals surface area (Å²) in [4.78, 5) is 11.2. The van der Waals surface area contributed by atoms with Gasteiger partial charge in [-0.3, -0.25) is 0 Å². The number of carbonyl (C=O) groups excluding carboxylic acids is 1. The molecule has 2 N–H and O–H groups in total. The minimum atomic E-state index is -1.03. The van der Waals surface area contributed by atoms with Gasteiger partial charge in [0.25, 0.3) is 0 Å². The zero-order valence-corrected chi connectivity index (χ0v) is 10.9. The van der Waals surface area contributed by atoms with Crippen molar-refractivity contribution in [2.75, 3.05) is 0 Å². The van der Waals surface area contributed by atoms with E-state index in [0.717, 1.165) is 0 Å². The first-order chi connectivity index (χ1) is 6.99. The third-order valence-corrected chi connectivity index (χ3v) is 2.88. The number of nitrogens with one attached hydrogen (secondary N) is 1. The summed E-state index contributed by atoms with van der Waals surface area (Å²) in [7, 11) is 1.34. The second kappa shape index (κ2) is 5.10. The third kappa shape index (κ3) is 4.06. The number of aliphatic hydroxyl groups is 1. The zero-order chi connectivity index (χ0) is 13.1. The molecule has 0 aromatic carbocycles. The molecule has 0 rings (SSSR count). The van der Waals surface area contributed by atoms with Crippen molar-refractivity contribution in [3.63, 3.8) is 0 Å². The lowest BCUT2D eigenvalue weighted by molar-refractivity contribution is -0.116. The molecule has 1 atom stereocenters. The highest BCUT2D eigenvalue weighted by Crippen LogP contribution is 2.25. The van der Waals surface area contributed by atoms with Crippen molar-refractivity contribution in [3.8, 4) is 0 Å².